The summed E-state index contributed by atoms with van der Waals surface area (Å²) >= 11 is 0. The number of Topliss-reactive ketones (excluding diaryl/α,β-unsaturated/α-hetero) is 1. The molecule has 1 aliphatic carbocycles. The van der Waals surface area contributed by atoms with Crippen LogP contribution < -0.4 is 20.3 Å². The zero-order valence-corrected chi connectivity index (χ0v) is 19.7. The fraction of sp³-hybridized carbons (Fsp3) is 0.296. The van der Waals surface area contributed by atoms with Crippen molar-refractivity contribution in [2.75, 3.05) is 19.5 Å². The second kappa shape index (κ2) is 8.17. The van der Waals surface area contributed by atoms with E-state index in [2.05, 4.69) is 24.1 Å². The highest BCUT2D eigenvalue weighted by Gasteiger charge is 2.43. The highest BCUT2D eigenvalue weighted by molar-refractivity contribution is 6.01. The first-order chi connectivity index (χ1) is 16.3. The van der Waals surface area contributed by atoms with Crippen LogP contribution in [0.3, 0.4) is 0 Å². The Balaban J connectivity index is 1.78. The van der Waals surface area contributed by atoms with E-state index in [4.69, 9.17) is 14.5 Å². The highest BCUT2D eigenvalue weighted by Crippen LogP contribution is 2.49. The number of hydrogen-bond donors (Lipinski definition) is 2. The van der Waals surface area contributed by atoms with Gasteiger partial charge in [-0.1, -0.05) is 44.2 Å². The Bertz CT molecular complexity index is 1370. The number of nitrogens with one attached hydrogen (secondary N) is 2. The van der Waals surface area contributed by atoms with E-state index in [0.717, 1.165) is 11.3 Å². The number of aromatic nitrogens is 2. The first-order valence-corrected chi connectivity index (χ1v) is 11.3. The normalized spacial score (nSPS) is 18.6. The first-order valence-electron chi connectivity index (χ1n) is 11.3. The summed E-state index contributed by atoms with van der Waals surface area (Å²) in [6.45, 7) is 4.15. The van der Waals surface area contributed by atoms with Gasteiger partial charge in [0.05, 0.1) is 25.7 Å². The molecule has 1 aliphatic heterocycles. The maximum atomic E-state index is 13.6. The Morgan fingerprint density at radius 2 is 1.76 bits per heavy atom. The molecule has 2 aromatic carbocycles. The summed E-state index contributed by atoms with van der Waals surface area (Å²) in [7, 11) is 3.16. The lowest BCUT2D eigenvalue weighted by atomic mass is 9.69. The number of allylic oxidation sites excluding steroid dienone is 2. The number of H-pyrrole nitrogens is 1. The summed E-state index contributed by atoms with van der Waals surface area (Å²) in [4.78, 5) is 34.8. The number of ether oxygens (including phenoxy) is 2. The number of carbonyl (C=O) groups is 1. The van der Waals surface area contributed by atoms with Gasteiger partial charge < -0.3 is 19.8 Å². The molecule has 1 atom stereocenters. The second-order valence-corrected chi connectivity index (χ2v) is 9.54. The topological polar surface area (TPSA) is 93.3 Å². The number of nitrogens with zero attached hydrogens (tertiary/aromatic N) is 1. The molecule has 34 heavy (non-hydrogen) atoms. The number of ketones is 1. The lowest BCUT2D eigenvalue weighted by Crippen LogP contribution is -2.37. The molecule has 0 bridgehead atoms. The highest BCUT2D eigenvalue weighted by atomic mass is 16.5. The Morgan fingerprint density at radius 3 is 2.47 bits per heavy atom. The average molecular weight is 458 g/mol. The van der Waals surface area contributed by atoms with Gasteiger partial charge in [0.15, 0.2) is 5.78 Å². The van der Waals surface area contributed by atoms with Gasteiger partial charge in [-0.15, -0.1) is 0 Å². The number of rotatable bonds is 4. The van der Waals surface area contributed by atoms with E-state index in [9.17, 15) is 9.59 Å². The molecule has 1 aromatic heterocycles. The number of benzene rings is 2. The van der Waals surface area contributed by atoms with Crippen LogP contribution in [0.15, 0.2) is 64.6 Å². The number of aromatic amines is 1. The van der Waals surface area contributed by atoms with Gasteiger partial charge >= 0.3 is 0 Å². The van der Waals surface area contributed by atoms with Crippen molar-refractivity contribution in [1.29, 1.82) is 0 Å². The predicted octanol–water partition coefficient (Wildman–Crippen LogP) is 4.65. The molecule has 5 rings (SSSR count). The number of anilines is 1. The standard InChI is InChI=1S/C27H27N3O4/c1-27(2)13-18-22(19(31)14-27)21(17-12-16(33-3)10-11-20(17)34-4)23-25(28-18)29-24(30-26(23)32)15-8-6-5-7-9-15/h5-12,21H,13-14H2,1-4H3,(H2,28,29,30,32). The van der Waals surface area contributed by atoms with Crippen molar-refractivity contribution in [3.8, 4) is 22.9 Å². The number of fused-ring (bicyclic) bond motifs is 1. The average Bonchev–Trinajstić information content (AvgIpc) is 2.82. The van der Waals surface area contributed by atoms with Crippen molar-refractivity contribution < 1.29 is 14.3 Å². The van der Waals surface area contributed by atoms with Crippen molar-refractivity contribution in [3.05, 3.63) is 81.3 Å². The maximum absolute atomic E-state index is 13.6. The third-order valence-electron chi connectivity index (χ3n) is 6.52. The fourth-order valence-electron chi connectivity index (χ4n) is 5.02. The molecule has 0 spiro atoms. The molecule has 2 aliphatic rings. The van der Waals surface area contributed by atoms with Gasteiger partial charge in [0.1, 0.15) is 23.1 Å². The maximum Gasteiger partial charge on any atom is 0.257 e. The van der Waals surface area contributed by atoms with E-state index in [0.29, 0.717) is 52.7 Å². The van der Waals surface area contributed by atoms with Crippen LogP contribution in [0, 0.1) is 5.41 Å². The molecular weight excluding hydrogens is 430 g/mol. The summed E-state index contributed by atoms with van der Waals surface area (Å²) in [6, 6.07) is 14.9. The van der Waals surface area contributed by atoms with E-state index in [1.54, 1.807) is 26.4 Å². The van der Waals surface area contributed by atoms with E-state index in [1.165, 1.54) is 0 Å². The van der Waals surface area contributed by atoms with Crippen LogP contribution in [0.25, 0.3) is 11.4 Å². The van der Waals surface area contributed by atoms with Gasteiger partial charge in [0.2, 0.25) is 0 Å². The molecule has 7 heteroatoms. The molecule has 0 amide bonds. The molecule has 2 heterocycles. The van der Waals surface area contributed by atoms with Crippen molar-refractivity contribution >= 4 is 11.6 Å². The van der Waals surface area contributed by atoms with Gasteiger partial charge in [-0.25, -0.2) is 4.98 Å². The first kappa shape index (κ1) is 21.9. The summed E-state index contributed by atoms with van der Waals surface area (Å²) in [5, 5.41) is 3.36. The summed E-state index contributed by atoms with van der Waals surface area (Å²) in [5.74, 6) is 1.52. The van der Waals surface area contributed by atoms with E-state index < -0.39 is 5.92 Å². The van der Waals surface area contributed by atoms with Crippen LogP contribution in [-0.4, -0.2) is 30.0 Å². The minimum absolute atomic E-state index is 0.0193. The minimum Gasteiger partial charge on any atom is -0.497 e. The predicted molar refractivity (Wildman–Crippen MR) is 130 cm³/mol. The summed E-state index contributed by atoms with van der Waals surface area (Å²) in [5.41, 5.74) is 2.81. The van der Waals surface area contributed by atoms with Gasteiger partial charge in [-0.2, -0.15) is 0 Å². The molecule has 2 N–H and O–H groups in total. The summed E-state index contributed by atoms with van der Waals surface area (Å²) < 4.78 is 11.1. The van der Waals surface area contributed by atoms with Gasteiger partial charge in [0, 0.05) is 28.8 Å². The lowest BCUT2D eigenvalue weighted by Gasteiger charge is -2.38. The third kappa shape index (κ3) is 3.67. The lowest BCUT2D eigenvalue weighted by molar-refractivity contribution is -0.118. The van der Waals surface area contributed by atoms with Crippen LogP contribution in [0.1, 0.15) is 43.7 Å². The largest absolute Gasteiger partial charge is 0.497 e. The summed E-state index contributed by atoms with van der Waals surface area (Å²) in [6.07, 6.45) is 1.07. The van der Waals surface area contributed by atoms with Crippen molar-refractivity contribution in [2.24, 2.45) is 5.41 Å². The molecular formula is C27H27N3O4. The Kier molecular flexibility index (Phi) is 5.27. The van der Waals surface area contributed by atoms with E-state index in [-0.39, 0.29) is 16.8 Å². The minimum atomic E-state index is -0.624. The zero-order valence-electron chi connectivity index (χ0n) is 19.7. The Hall–Kier alpha value is -3.87. The third-order valence-corrected chi connectivity index (χ3v) is 6.52. The Labute approximate surface area is 197 Å². The SMILES string of the molecule is COc1ccc(OC)c(C2C3=C(CC(C)(C)CC3=O)Nc3nc(-c4ccccc4)[nH]c(=O)c32)c1. The Morgan fingerprint density at radius 1 is 1.00 bits per heavy atom. The molecule has 0 saturated carbocycles. The monoisotopic (exact) mass is 457 g/mol. The molecule has 1 unspecified atom stereocenters. The van der Waals surface area contributed by atoms with Crippen LogP contribution in [0.2, 0.25) is 0 Å². The molecule has 174 valence electrons. The number of carbonyl (C=O) groups excluding carboxylic acids is 1. The fourth-order valence-corrected chi connectivity index (χ4v) is 5.02. The number of hydrogen-bond acceptors (Lipinski definition) is 6. The molecule has 0 radical (unpaired) electrons. The molecule has 3 aromatic rings. The van der Waals surface area contributed by atoms with Crippen molar-refractivity contribution in [1.82, 2.24) is 9.97 Å². The molecule has 7 nitrogen and oxygen atoms in total. The van der Waals surface area contributed by atoms with Gasteiger partial charge in [-0.05, 0) is 30.0 Å². The molecule has 0 saturated heterocycles. The van der Waals surface area contributed by atoms with Crippen LogP contribution >= 0.6 is 0 Å². The van der Waals surface area contributed by atoms with Crippen LogP contribution in [-0.2, 0) is 4.79 Å². The van der Waals surface area contributed by atoms with E-state index >= 15 is 0 Å². The van der Waals surface area contributed by atoms with Crippen LogP contribution in [0.5, 0.6) is 11.5 Å². The van der Waals surface area contributed by atoms with E-state index in [1.807, 2.05) is 36.4 Å². The second-order valence-electron chi connectivity index (χ2n) is 9.54. The van der Waals surface area contributed by atoms with Crippen LogP contribution in [0.4, 0.5) is 5.82 Å². The van der Waals surface area contributed by atoms with Crippen molar-refractivity contribution in [2.45, 2.75) is 32.6 Å². The smallest absolute Gasteiger partial charge is 0.257 e. The zero-order chi connectivity index (χ0) is 24.0. The quantitative estimate of drug-likeness (QED) is 0.592. The van der Waals surface area contributed by atoms with Gasteiger partial charge in [-0.3, -0.25) is 9.59 Å². The van der Waals surface area contributed by atoms with Gasteiger partial charge in [0.25, 0.3) is 5.56 Å². The van der Waals surface area contributed by atoms with Crippen molar-refractivity contribution in [3.63, 3.8) is 0 Å². The number of methoxy groups -OCH3 is 2. The molecule has 0 fully saturated rings.